The number of hydrogen-bond donors (Lipinski definition) is 1. The molecule has 46 valence electrons. The Morgan fingerprint density at radius 3 is 3.11 bits per heavy atom. The average molecular weight is 124 g/mol. The predicted octanol–water partition coefficient (Wildman–Crippen LogP) is 1.70. The minimum atomic E-state index is 0.523. The van der Waals surface area contributed by atoms with Gasteiger partial charge in [0.2, 0.25) is 0 Å². The SMILES string of the molecule is Fn1ccc2cc[nH]c21. The zero-order valence-electron chi connectivity index (χ0n) is 4.63. The van der Waals surface area contributed by atoms with Crippen LogP contribution < -0.4 is 0 Å². The molecule has 2 rings (SSSR count). The van der Waals surface area contributed by atoms with Crippen LogP contribution in [-0.4, -0.2) is 9.77 Å². The second-order valence-corrected chi connectivity index (χ2v) is 1.91. The normalized spacial score (nSPS) is 10.8. The molecule has 0 atom stereocenters. The number of nitrogens with zero attached hydrogens (tertiary/aromatic N) is 1. The number of fused-ring (bicyclic) bond motifs is 1. The highest BCUT2D eigenvalue weighted by molar-refractivity contribution is 5.76. The summed E-state index contributed by atoms with van der Waals surface area (Å²) in [5.41, 5.74) is 0.523. The zero-order valence-corrected chi connectivity index (χ0v) is 4.63. The van der Waals surface area contributed by atoms with Gasteiger partial charge in [-0.2, -0.15) is 4.79 Å². The van der Waals surface area contributed by atoms with Gasteiger partial charge in [-0.3, -0.25) is 0 Å². The van der Waals surface area contributed by atoms with E-state index in [1.807, 2.05) is 6.07 Å². The first kappa shape index (κ1) is 4.61. The van der Waals surface area contributed by atoms with Gasteiger partial charge in [-0.05, 0) is 12.1 Å². The molecule has 2 aromatic heterocycles. The molecule has 0 radical (unpaired) electrons. The Hall–Kier alpha value is -1.25. The highest BCUT2D eigenvalue weighted by Gasteiger charge is 1.97. The van der Waals surface area contributed by atoms with E-state index in [2.05, 4.69) is 4.98 Å². The lowest BCUT2D eigenvalue weighted by Gasteiger charge is -1.80. The summed E-state index contributed by atoms with van der Waals surface area (Å²) in [6.07, 6.45) is 3.09. The number of aromatic nitrogens is 2. The van der Waals surface area contributed by atoms with Crippen LogP contribution in [0, 0.1) is 0 Å². The van der Waals surface area contributed by atoms with Gasteiger partial charge in [-0.15, -0.1) is 0 Å². The fourth-order valence-corrected chi connectivity index (χ4v) is 0.912. The fraction of sp³-hybridized carbons (Fsp3) is 0. The van der Waals surface area contributed by atoms with E-state index in [1.54, 1.807) is 12.3 Å². The third-order valence-corrected chi connectivity index (χ3v) is 1.35. The number of H-pyrrole nitrogens is 1. The number of halogens is 1. The van der Waals surface area contributed by atoms with Gasteiger partial charge in [0, 0.05) is 17.8 Å². The van der Waals surface area contributed by atoms with Crippen molar-refractivity contribution in [1.82, 2.24) is 9.77 Å². The van der Waals surface area contributed by atoms with E-state index >= 15 is 0 Å². The van der Waals surface area contributed by atoms with Crippen molar-refractivity contribution in [3.8, 4) is 0 Å². The molecule has 0 aliphatic rings. The smallest absolute Gasteiger partial charge is 0.148 e. The summed E-state index contributed by atoms with van der Waals surface area (Å²) in [5.74, 6) is 0. The lowest BCUT2D eigenvalue weighted by Crippen LogP contribution is -1.75. The van der Waals surface area contributed by atoms with Gasteiger partial charge >= 0.3 is 0 Å². The molecule has 2 aromatic rings. The van der Waals surface area contributed by atoms with Crippen LogP contribution in [0.2, 0.25) is 0 Å². The Kier molecular flexibility index (Phi) is 0.704. The summed E-state index contributed by atoms with van der Waals surface area (Å²) >= 11 is 0. The highest BCUT2D eigenvalue weighted by Crippen LogP contribution is 2.12. The van der Waals surface area contributed by atoms with Crippen LogP contribution in [0.4, 0.5) is 4.48 Å². The number of rotatable bonds is 0. The molecule has 2 heterocycles. The molecule has 0 saturated heterocycles. The zero-order chi connectivity index (χ0) is 6.27. The second kappa shape index (κ2) is 1.37. The first-order valence-corrected chi connectivity index (χ1v) is 2.68. The molecule has 0 bridgehead atoms. The molecule has 2 nitrogen and oxygen atoms in total. The van der Waals surface area contributed by atoms with Crippen molar-refractivity contribution in [2.24, 2.45) is 0 Å². The Bertz CT molecular complexity index is 320. The number of nitrogens with one attached hydrogen (secondary N) is 1. The van der Waals surface area contributed by atoms with E-state index in [1.165, 1.54) is 6.20 Å². The van der Waals surface area contributed by atoms with Gasteiger partial charge in [0.1, 0.15) is 5.65 Å². The van der Waals surface area contributed by atoms with Crippen LogP contribution in [0.25, 0.3) is 11.0 Å². The number of hydrogen-bond acceptors (Lipinski definition) is 0. The predicted molar refractivity (Wildman–Crippen MR) is 32.8 cm³/mol. The molecular weight excluding hydrogens is 119 g/mol. The summed E-state index contributed by atoms with van der Waals surface area (Å²) in [4.78, 5) is 3.32. The minimum absolute atomic E-state index is 0.523. The topological polar surface area (TPSA) is 20.7 Å². The van der Waals surface area contributed by atoms with Gasteiger partial charge < -0.3 is 4.98 Å². The van der Waals surface area contributed by atoms with Crippen LogP contribution in [0.1, 0.15) is 0 Å². The van der Waals surface area contributed by atoms with E-state index in [0.29, 0.717) is 10.4 Å². The lowest BCUT2D eigenvalue weighted by atomic mass is 10.4. The Morgan fingerprint density at radius 1 is 1.44 bits per heavy atom. The summed E-state index contributed by atoms with van der Waals surface area (Å²) in [6, 6.07) is 3.54. The quantitative estimate of drug-likeness (QED) is 0.551. The minimum Gasteiger partial charge on any atom is -0.346 e. The van der Waals surface area contributed by atoms with Crippen LogP contribution >= 0.6 is 0 Å². The molecular formula is C6H5FN2. The van der Waals surface area contributed by atoms with Crippen LogP contribution in [0.3, 0.4) is 0 Å². The van der Waals surface area contributed by atoms with Crippen molar-refractivity contribution in [2.75, 3.05) is 0 Å². The van der Waals surface area contributed by atoms with E-state index in [-0.39, 0.29) is 0 Å². The van der Waals surface area contributed by atoms with E-state index in [9.17, 15) is 4.48 Å². The van der Waals surface area contributed by atoms with Gasteiger partial charge in [0.15, 0.2) is 0 Å². The monoisotopic (exact) mass is 124 g/mol. The van der Waals surface area contributed by atoms with Crippen molar-refractivity contribution in [3.05, 3.63) is 24.5 Å². The van der Waals surface area contributed by atoms with Gasteiger partial charge in [0.05, 0.1) is 0 Å². The summed E-state index contributed by atoms with van der Waals surface area (Å²) in [7, 11) is 0. The first-order chi connectivity index (χ1) is 4.38. The van der Waals surface area contributed by atoms with Gasteiger partial charge in [0.25, 0.3) is 0 Å². The van der Waals surface area contributed by atoms with Crippen LogP contribution in [0.5, 0.6) is 0 Å². The number of aromatic amines is 1. The fourth-order valence-electron chi connectivity index (χ4n) is 0.912. The van der Waals surface area contributed by atoms with Crippen molar-refractivity contribution in [2.45, 2.75) is 0 Å². The molecule has 0 fully saturated rings. The van der Waals surface area contributed by atoms with E-state index in [4.69, 9.17) is 0 Å². The molecule has 0 amide bonds. The second-order valence-electron chi connectivity index (χ2n) is 1.91. The first-order valence-electron chi connectivity index (χ1n) is 2.68. The summed E-state index contributed by atoms with van der Waals surface area (Å²) < 4.78 is 12.5. The molecule has 3 heteroatoms. The Morgan fingerprint density at radius 2 is 2.33 bits per heavy atom. The molecule has 9 heavy (non-hydrogen) atoms. The van der Waals surface area contributed by atoms with Crippen molar-refractivity contribution in [3.63, 3.8) is 0 Å². The Balaban J connectivity index is 2.99. The summed E-state index contributed by atoms with van der Waals surface area (Å²) in [5, 5.41) is 0.900. The van der Waals surface area contributed by atoms with Crippen LogP contribution in [0.15, 0.2) is 24.5 Å². The molecule has 0 saturated carbocycles. The third-order valence-electron chi connectivity index (χ3n) is 1.35. The summed E-state index contributed by atoms with van der Waals surface area (Å²) in [6.45, 7) is 0. The van der Waals surface area contributed by atoms with E-state index in [0.717, 1.165) is 5.39 Å². The maximum absolute atomic E-state index is 12.5. The lowest BCUT2D eigenvalue weighted by molar-refractivity contribution is 0.385. The Labute approximate surface area is 50.8 Å². The molecule has 0 aromatic carbocycles. The third kappa shape index (κ3) is 0.483. The van der Waals surface area contributed by atoms with E-state index < -0.39 is 0 Å². The van der Waals surface area contributed by atoms with Crippen molar-refractivity contribution >= 4 is 11.0 Å². The maximum atomic E-state index is 12.5. The average Bonchev–Trinajstić information content (AvgIpc) is 2.35. The van der Waals surface area contributed by atoms with Gasteiger partial charge in [-0.25, -0.2) is 0 Å². The molecule has 0 aliphatic carbocycles. The van der Waals surface area contributed by atoms with Crippen molar-refractivity contribution < 1.29 is 4.48 Å². The largest absolute Gasteiger partial charge is 0.346 e. The molecule has 1 N–H and O–H groups in total. The van der Waals surface area contributed by atoms with Crippen molar-refractivity contribution in [1.29, 1.82) is 0 Å². The molecule has 0 unspecified atom stereocenters. The molecule has 0 aliphatic heterocycles. The standard InChI is InChI=1S/C6H5FN2/c7-9-4-2-5-1-3-8-6(5)9/h1-4,8H. The van der Waals surface area contributed by atoms with Gasteiger partial charge in [-0.1, -0.05) is 4.48 Å². The molecule has 0 spiro atoms. The highest BCUT2D eigenvalue weighted by atomic mass is 19.2. The maximum Gasteiger partial charge on any atom is 0.148 e. The van der Waals surface area contributed by atoms with Crippen LogP contribution in [-0.2, 0) is 0 Å².